The first-order chi connectivity index (χ1) is 9.42. The van der Waals surface area contributed by atoms with Crippen LogP contribution in [0.4, 0.5) is 10.5 Å². The van der Waals surface area contributed by atoms with Gasteiger partial charge in [0, 0.05) is 16.2 Å². The number of nitrogens with one attached hydrogen (secondary N) is 2. The third-order valence-electron chi connectivity index (χ3n) is 2.54. The van der Waals surface area contributed by atoms with Gasteiger partial charge >= 0.3 is 12.0 Å². The van der Waals surface area contributed by atoms with Gasteiger partial charge in [-0.25, -0.2) is 9.59 Å². The van der Waals surface area contributed by atoms with Crippen molar-refractivity contribution in [2.45, 2.75) is 19.4 Å². The van der Waals surface area contributed by atoms with Crippen molar-refractivity contribution in [1.82, 2.24) is 5.32 Å². The van der Waals surface area contributed by atoms with Crippen LogP contribution in [-0.4, -0.2) is 35.2 Å². The number of hydrogen-bond acceptors (Lipinski definition) is 3. The summed E-state index contributed by atoms with van der Waals surface area (Å²) in [7, 11) is 0. The van der Waals surface area contributed by atoms with Crippen LogP contribution < -0.4 is 10.6 Å². The van der Waals surface area contributed by atoms with E-state index in [-0.39, 0.29) is 17.6 Å². The molecule has 3 N–H and O–H groups in total. The summed E-state index contributed by atoms with van der Waals surface area (Å²) >= 11 is 4.94. The van der Waals surface area contributed by atoms with E-state index in [9.17, 15) is 9.59 Å². The van der Waals surface area contributed by atoms with Crippen LogP contribution in [0.25, 0.3) is 0 Å². The van der Waals surface area contributed by atoms with Crippen LogP contribution in [0.3, 0.4) is 0 Å². The molecule has 0 aliphatic rings. The van der Waals surface area contributed by atoms with Gasteiger partial charge in [-0.3, -0.25) is 0 Å². The molecule has 1 unspecified atom stereocenters. The lowest BCUT2D eigenvalue weighted by Gasteiger charge is -2.14. The van der Waals surface area contributed by atoms with Crippen molar-refractivity contribution in [3.05, 3.63) is 28.2 Å². The van der Waals surface area contributed by atoms with Crippen molar-refractivity contribution in [2.24, 2.45) is 0 Å². The van der Waals surface area contributed by atoms with Crippen LogP contribution in [0.2, 0.25) is 0 Å². The molecule has 0 saturated carbocycles. The second-order valence-electron chi connectivity index (χ2n) is 4.31. The molecule has 7 heteroatoms. The SMILES string of the molecule is CSCCC(C)NC(=O)Nc1cc(Br)cc(C(=O)O)c1. The molecule has 110 valence electrons. The average Bonchev–Trinajstić information content (AvgIpc) is 2.35. The Labute approximate surface area is 130 Å². The van der Waals surface area contributed by atoms with Crippen LogP contribution in [-0.2, 0) is 0 Å². The van der Waals surface area contributed by atoms with Gasteiger partial charge in [0.25, 0.3) is 0 Å². The minimum atomic E-state index is -1.04. The molecule has 20 heavy (non-hydrogen) atoms. The van der Waals surface area contributed by atoms with E-state index in [2.05, 4.69) is 26.6 Å². The van der Waals surface area contributed by atoms with Crippen LogP contribution >= 0.6 is 27.7 Å². The molecule has 0 spiro atoms. The summed E-state index contributed by atoms with van der Waals surface area (Å²) < 4.78 is 0.600. The van der Waals surface area contributed by atoms with E-state index in [0.29, 0.717) is 10.2 Å². The molecule has 1 aromatic carbocycles. The lowest BCUT2D eigenvalue weighted by atomic mass is 10.2. The van der Waals surface area contributed by atoms with E-state index in [1.54, 1.807) is 17.8 Å². The Balaban J connectivity index is 2.64. The molecule has 0 fully saturated rings. The van der Waals surface area contributed by atoms with E-state index in [1.807, 2.05) is 13.2 Å². The third kappa shape index (κ3) is 5.83. The maximum absolute atomic E-state index is 11.8. The number of urea groups is 1. The zero-order chi connectivity index (χ0) is 15.1. The monoisotopic (exact) mass is 360 g/mol. The number of carboxylic acids is 1. The highest BCUT2D eigenvalue weighted by molar-refractivity contribution is 9.10. The smallest absolute Gasteiger partial charge is 0.335 e. The van der Waals surface area contributed by atoms with Gasteiger partial charge in [-0.05, 0) is 43.6 Å². The largest absolute Gasteiger partial charge is 0.478 e. The minimum Gasteiger partial charge on any atom is -0.478 e. The summed E-state index contributed by atoms with van der Waals surface area (Å²) in [5, 5.41) is 14.4. The average molecular weight is 361 g/mol. The molecule has 0 heterocycles. The molecule has 1 atom stereocenters. The molecule has 0 radical (unpaired) electrons. The standard InChI is InChI=1S/C13H17BrN2O3S/c1-8(3-4-20-2)15-13(19)16-11-6-9(12(17)18)5-10(14)7-11/h5-8H,3-4H2,1-2H3,(H,17,18)(H2,15,16,19). The Hall–Kier alpha value is -1.21. The maximum Gasteiger partial charge on any atom is 0.335 e. The lowest BCUT2D eigenvalue weighted by Crippen LogP contribution is -2.36. The molecule has 0 saturated heterocycles. The van der Waals surface area contributed by atoms with Gasteiger partial charge in [0.15, 0.2) is 0 Å². The fourth-order valence-electron chi connectivity index (χ4n) is 1.54. The lowest BCUT2D eigenvalue weighted by molar-refractivity contribution is 0.0697. The van der Waals surface area contributed by atoms with Gasteiger partial charge < -0.3 is 15.7 Å². The second kappa shape index (κ2) is 8.16. The minimum absolute atomic E-state index is 0.0635. The van der Waals surface area contributed by atoms with E-state index in [1.165, 1.54) is 12.1 Å². The predicted molar refractivity (Wildman–Crippen MR) is 85.7 cm³/mol. The Morgan fingerprint density at radius 2 is 2.10 bits per heavy atom. The quantitative estimate of drug-likeness (QED) is 0.726. The number of anilines is 1. The second-order valence-corrected chi connectivity index (χ2v) is 6.22. The Bertz CT molecular complexity index is 497. The molecule has 0 bridgehead atoms. The number of thioether (sulfide) groups is 1. The Kier molecular flexibility index (Phi) is 6.87. The fourth-order valence-corrected chi connectivity index (χ4v) is 2.63. The van der Waals surface area contributed by atoms with Gasteiger partial charge in [-0.15, -0.1) is 0 Å². The number of halogens is 1. The summed E-state index contributed by atoms with van der Waals surface area (Å²) in [4.78, 5) is 22.7. The molecule has 0 aliphatic carbocycles. The van der Waals surface area contributed by atoms with Crippen molar-refractivity contribution in [3.63, 3.8) is 0 Å². The van der Waals surface area contributed by atoms with E-state index in [4.69, 9.17) is 5.11 Å². The summed E-state index contributed by atoms with van der Waals surface area (Å²) in [5.41, 5.74) is 0.552. The van der Waals surface area contributed by atoms with Gasteiger partial charge in [-0.1, -0.05) is 15.9 Å². The third-order valence-corrected chi connectivity index (χ3v) is 3.64. The van der Waals surface area contributed by atoms with E-state index in [0.717, 1.165) is 12.2 Å². The highest BCUT2D eigenvalue weighted by Gasteiger charge is 2.10. The number of aromatic carboxylic acids is 1. The van der Waals surface area contributed by atoms with Gasteiger partial charge in [-0.2, -0.15) is 11.8 Å². The number of amides is 2. The van der Waals surface area contributed by atoms with E-state index < -0.39 is 5.97 Å². The number of benzene rings is 1. The van der Waals surface area contributed by atoms with Crippen LogP contribution in [0, 0.1) is 0 Å². The van der Waals surface area contributed by atoms with Gasteiger partial charge in [0.2, 0.25) is 0 Å². The summed E-state index contributed by atoms with van der Waals surface area (Å²) in [6, 6.07) is 4.27. The zero-order valence-electron chi connectivity index (χ0n) is 11.3. The number of rotatable bonds is 6. The van der Waals surface area contributed by atoms with Crippen molar-refractivity contribution in [2.75, 3.05) is 17.3 Å². The highest BCUT2D eigenvalue weighted by atomic mass is 79.9. The highest BCUT2D eigenvalue weighted by Crippen LogP contribution is 2.19. The predicted octanol–water partition coefficient (Wildman–Crippen LogP) is 3.41. The number of hydrogen-bond donors (Lipinski definition) is 3. The van der Waals surface area contributed by atoms with Crippen LogP contribution in [0.15, 0.2) is 22.7 Å². The van der Waals surface area contributed by atoms with Crippen molar-refractivity contribution < 1.29 is 14.7 Å². The molecule has 1 rings (SSSR count). The Morgan fingerprint density at radius 1 is 1.40 bits per heavy atom. The summed E-state index contributed by atoms with van der Waals surface area (Å²) in [6.45, 7) is 1.93. The molecular weight excluding hydrogens is 344 g/mol. The summed E-state index contributed by atoms with van der Waals surface area (Å²) in [5.74, 6) is -0.0651. The van der Waals surface area contributed by atoms with Crippen molar-refractivity contribution >= 4 is 45.4 Å². The maximum atomic E-state index is 11.8. The number of carbonyl (C=O) groups is 2. The molecule has 1 aromatic rings. The number of carbonyl (C=O) groups excluding carboxylic acids is 1. The number of carboxylic acid groups (broad SMARTS) is 1. The Morgan fingerprint density at radius 3 is 2.70 bits per heavy atom. The molecule has 5 nitrogen and oxygen atoms in total. The fraction of sp³-hybridized carbons (Fsp3) is 0.385. The van der Waals surface area contributed by atoms with E-state index >= 15 is 0 Å². The first-order valence-electron chi connectivity index (χ1n) is 6.02. The summed E-state index contributed by atoms with van der Waals surface area (Å²) in [6.07, 6.45) is 2.90. The van der Waals surface area contributed by atoms with Crippen LogP contribution in [0.5, 0.6) is 0 Å². The first kappa shape index (κ1) is 16.8. The normalized spacial score (nSPS) is 11.8. The topological polar surface area (TPSA) is 78.4 Å². The van der Waals surface area contributed by atoms with Crippen LogP contribution in [0.1, 0.15) is 23.7 Å². The first-order valence-corrected chi connectivity index (χ1v) is 8.21. The van der Waals surface area contributed by atoms with Crippen molar-refractivity contribution in [3.8, 4) is 0 Å². The molecule has 2 amide bonds. The molecule has 0 aliphatic heterocycles. The van der Waals surface area contributed by atoms with Gasteiger partial charge in [0.05, 0.1) is 5.56 Å². The van der Waals surface area contributed by atoms with Gasteiger partial charge in [0.1, 0.15) is 0 Å². The molecule has 0 aromatic heterocycles. The molecular formula is C13H17BrN2O3S. The van der Waals surface area contributed by atoms with Crippen molar-refractivity contribution in [1.29, 1.82) is 0 Å². The zero-order valence-corrected chi connectivity index (χ0v) is 13.7.